The second kappa shape index (κ2) is 14.3. The fourth-order valence-corrected chi connectivity index (χ4v) is 8.53. The second-order valence-corrected chi connectivity index (χ2v) is 15.3. The van der Waals surface area contributed by atoms with Crippen molar-refractivity contribution in [2.45, 2.75) is 25.9 Å². The zero-order valence-electron chi connectivity index (χ0n) is 32.0. The number of hydrogen-bond donors (Lipinski definition) is 3. The molecule has 0 saturated carbocycles. The molecule has 15 heteroatoms. The number of carbonyl (C=O) groups is 2. The molecular formula is C42H44N12O3. The van der Waals surface area contributed by atoms with Crippen molar-refractivity contribution in [1.29, 1.82) is 0 Å². The number of aryl methyl sites for hydroxylation is 1. The van der Waals surface area contributed by atoms with Crippen molar-refractivity contribution in [1.82, 2.24) is 39.8 Å². The van der Waals surface area contributed by atoms with Gasteiger partial charge in [-0.05, 0) is 53.9 Å². The number of aromatic nitrogens is 5. The van der Waals surface area contributed by atoms with Crippen LogP contribution in [0.5, 0.6) is 5.88 Å². The summed E-state index contributed by atoms with van der Waals surface area (Å²) in [6.45, 7) is 10.7. The Kier molecular flexibility index (Phi) is 8.82. The number of rotatable bonds is 8. The number of anilines is 5. The van der Waals surface area contributed by atoms with E-state index >= 15 is 0 Å². The number of ether oxygens (including phenoxy) is 1. The van der Waals surface area contributed by atoms with Crippen LogP contribution >= 0.6 is 0 Å². The molecule has 3 saturated heterocycles. The summed E-state index contributed by atoms with van der Waals surface area (Å²) >= 11 is 0. The molecular weight excluding hydrogens is 721 g/mol. The van der Waals surface area contributed by atoms with Gasteiger partial charge in [-0.3, -0.25) is 29.5 Å². The minimum absolute atomic E-state index is 0.249. The van der Waals surface area contributed by atoms with Crippen molar-refractivity contribution in [2.75, 3.05) is 79.4 Å². The second-order valence-electron chi connectivity index (χ2n) is 15.3. The zero-order chi connectivity index (χ0) is 38.6. The minimum atomic E-state index is -0.416. The lowest BCUT2D eigenvalue weighted by molar-refractivity contribution is -0.120. The highest BCUT2D eigenvalue weighted by atomic mass is 16.5. The van der Waals surface area contributed by atoms with Gasteiger partial charge in [0.15, 0.2) is 5.82 Å². The van der Waals surface area contributed by atoms with Gasteiger partial charge >= 0.3 is 6.03 Å². The lowest BCUT2D eigenvalue weighted by Gasteiger charge is -2.49. The van der Waals surface area contributed by atoms with Crippen LogP contribution in [0.25, 0.3) is 32.9 Å². The maximum absolute atomic E-state index is 12.6. The molecule has 0 bridgehead atoms. The van der Waals surface area contributed by atoms with Crippen LogP contribution in [0.1, 0.15) is 17.5 Å². The summed E-state index contributed by atoms with van der Waals surface area (Å²) in [6, 6.07) is 21.1. The normalized spacial score (nSPS) is 17.9. The lowest BCUT2D eigenvalue weighted by Crippen LogP contribution is -2.63. The summed E-state index contributed by atoms with van der Waals surface area (Å²) in [4.78, 5) is 47.4. The molecule has 4 aliphatic heterocycles. The summed E-state index contributed by atoms with van der Waals surface area (Å²) in [5, 5.41) is 15.8. The first-order valence-corrected chi connectivity index (χ1v) is 19.6. The van der Waals surface area contributed by atoms with Gasteiger partial charge in [0.2, 0.25) is 17.7 Å². The molecule has 0 radical (unpaired) electrons. The molecule has 0 atom stereocenters. The van der Waals surface area contributed by atoms with E-state index < -0.39 is 6.03 Å². The van der Waals surface area contributed by atoms with Crippen molar-refractivity contribution in [2.24, 2.45) is 7.05 Å². The number of carbonyl (C=O) groups excluding carboxylic acids is 2. The Morgan fingerprint density at radius 2 is 1.79 bits per heavy atom. The molecule has 3 aromatic heterocycles. The lowest BCUT2D eigenvalue weighted by atomic mass is 10.00. The van der Waals surface area contributed by atoms with Crippen LogP contribution in [0.4, 0.5) is 33.6 Å². The van der Waals surface area contributed by atoms with Gasteiger partial charge in [0.25, 0.3) is 0 Å². The van der Waals surface area contributed by atoms with E-state index in [2.05, 4.69) is 96.1 Å². The number of amides is 3. The Morgan fingerprint density at radius 1 is 0.947 bits per heavy atom. The number of hydrogen-bond acceptors (Lipinski definition) is 12. The molecule has 3 N–H and O–H groups in total. The zero-order valence-corrected chi connectivity index (χ0v) is 32.0. The number of nitrogens with zero attached hydrogens (tertiary/aromatic N) is 9. The van der Waals surface area contributed by atoms with E-state index in [1.54, 1.807) is 4.90 Å². The van der Waals surface area contributed by atoms with Crippen molar-refractivity contribution in [3.8, 4) is 17.0 Å². The molecule has 0 unspecified atom stereocenters. The maximum Gasteiger partial charge on any atom is 0.329 e. The number of nitrogens with one attached hydrogen (secondary N) is 3. The van der Waals surface area contributed by atoms with Crippen LogP contribution in [-0.2, 0) is 18.4 Å². The summed E-state index contributed by atoms with van der Waals surface area (Å²) in [7, 11) is 1.92. The summed E-state index contributed by atoms with van der Waals surface area (Å²) in [6.07, 6.45) is 4.00. The van der Waals surface area contributed by atoms with Gasteiger partial charge in [-0.1, -0.05) is 30.3 Å². The van der Waals surface area contributed by atoms with Gasteiger partial charge in [-0.25, -0.2) is 19.7 Å². The smallest absolute Gasteiger partial charge is 0.329 e. The van der Waals surface area contributed by atoms with E-state index in [0.717, 1.165) is 108 Å². The first kappa shape index (κ1) is 35.1. The van der Waals surface area contributed by atoms with Crippen LogP contribution < -0.4 is 30.5 Å². The molecule has 0 aliphatic carbocycles. The Hall–Kier alpha value is -6.32. The van der Waals surface area contributed by atoms with Crippen molar-refractivity contribution >= 4 is 62.6 Å². The van der Waals surface area contributed by atoms with Crippen LogP contribution in [-0.4, -0.2) is 111 Å². The standard InChI is InChI=1S/C42H44N12O3/c1-26-33(22-44-40-37(26)43-13-19-57-40)28-8-9-29-21-45-41(47-34(29)20-28)46-30-10-6-27(7-11-30)23-51-15-17-52(18-16-51)31-24-53(25-31)35-5-3-4-32-38(35)50(2)49-39(32)54-14-12-36(55)48-42(54)56/h3-11,20-22,31,43H,12-19,23-25H2,1-2H3,(H,45,46,47)(H,48,55,56). The third kappa shape index (κ3) is 6.61. The Labute approximate surface area is 329 Å². The van der Waals surface area contributed by atoms with E-state index in [-0.39, 0.29) is 12.3 Å². The van der Waals surface area contributed by atoms with E-state index in [0.29, 0.717) is 36.8 Å². The van der Waals surface area contributed by atoms with E-state index in [9.17, 15) is 9.59 Å². The Bertz CT molecular complexity index is 2520. The topological polar surface area (TPSA) is 149 Å². The third-order valence-corrected chi connectivity index (χ3v) is 11.7. The van der Waals surface area contributed by atoms with Gasteiger partial charge in [-0.15, -0.1) is 0 Å². The summed E-state index contributed by atoms with van der Waals surface area (Å²) in [5.41, 5.74) is 9.37. The van der Waals surface area contributed by atoms with Gasteiger partial charge in [0, 0.05) is 113 Å². The predicted octanol–water partition coefficient (Wildman–Crippen LogP) is 4.89. The molecule has 15 nitrogen and oxygen atoms in total. The van der Waals surface area contributed by atoms with E-state index in [1.165, 1.54) is 5.56 Å². The largest absolute Gasteiger partial charge is 0.474 e. The van der Waals surface area contributed by atoms with Crippen LogP contribution in [0.2, 0.25) is 0 Å². The molecule has 3 aromatic carbocycles. The van der Waals surface area contributed by atoms with Crippen LogP contribution in [0.3, 0.4) is 0 Å². The summed E-state index contributed by atoms with van der Waals surface area (Å²) < 4.78 is 7.58. The highest BCUT2D eigenvalue weighted by molar-refractivity contribution is 6.10. The van der Waals surface area contributed by atoms with Crippen molar-refractivity contribution in [3.63, 3.8) is 0 Å². The quantitative estimate of drug-likeness (QED) is 0.194. The van der Waals surface area contributed by atoms with Gasteiger partial charge in [0.05, 0.1) is 16.7 Å². The molecule has 4 aliphatic rings. The van der Waals surface area contributed by atoms with Gasteiger partial charge in [-0.2, -0.15) is 5.10 Å². The number of para-hydroxylation sites is 1. The van der Waals surface area contributed by atoms with Gasteiger partial charge in [0.1, 0.15) is 12.3 Å². The maximum atomic E-state index is 12.6. The fourth-order valence-electron chi connectivity index (χ4n) is 8.53. The van der Waals surface area contributed by atoms with Crippen molar-refractivity contribution < 1.29 is 14.3 Å². The van der Waals surface area contributed by atoms with Gasteiger partial charge < -0.3 is 20.3 Å². The van der Waals surface area contributed by atoms with Crippen molar-refractivity contribution in [3.05, 3.63) is 84.2 Å². The fraction of sp³-hybridized carbons (Fsp3) is 0.333. The average Bonchev–Trinajstić information content (AvgIpc) is 3.55. The van der Waals surface area contributed by atoms with Crippen LogP contribution in [0.15, 0.2) is 73.1 Å². The molecule has 290 valence electrons. The molecule has 7 heterocycles. The number of fused-ring (bicyclic) bond motifs is 3. The molecule has 10 rings (SSSR count). The first-order valence-electron chi connectivity index (χ1n) is 19.6. The molecule has 0 spiro atoms. The first-order chi connectivity index (χ1) is 27.8. The number of urea groups is 1. The number of imide groups is 1. The molecule has 3 amide bonds. The van der Waals surface area contributed by atoms with E-state index in [1.807, 2.05) is 36.3 Å². The SMILES string of the molecule is Cc1c(-c2ccc3cnc(Nc4ccc(CN5CCN(C6CN(c7cccc8c(N9CCC(=O)NC9=O)nn(C)c78)C6)CC5)cc4)nc3c2)cnc2c1NCCO2. The highest BCUT2D eigenvalue weighted by Gasteiger charge is 2.36. The number of piperazine rings is 1. The average molecular weight is 765 g/mol. The number of benzene rings is 3. The predicted molar refractivity (Wildman–Crippen MR) is 220 cm³/mol. The molecule has 57 heavy (non-hydrogen) atoms. The minimum Gasteiger partial charge on any atom is -0.474 e. The molecule has 6 aromatic rings. The monoisotopic (exact) mass is 764 g/mol. The molecule has 3 fully saturated rings. The van der Waals surface area contributed by atoms with Crippen LogP contribution in [0, 0.1) is 6.92 Å². The number of pyridine rings is 1. The third-order valence-electron chi connectivity index (χ3n) is 11.7. The highest BCUT2D eigenvalue weighted by Crippen LogP contribution is 2.38. The van der Waals surface area contributed by atoms with E-state index in [4.69, 9.17) is 14.8 Å². The Morgan fingerprint density at radius 3 is 2.61 bits per heavy atom. The Balaban J connectivity index is 0.732. The summed E-state index contributed by atoms with van der Waals surface area (Å²) in [5.74, 6) is 1.56.